The topological polar surface area (TPSA) is 65.4 Å². The molecule has 0 radical (unpaired) electrons. The van der Waals surface area contributed by atoms with E-state index in [4.69, 9.17) is 9.47 Å². The molecule has 0 bridgehead atoms. The predicted molar refractivity (Wildman–Crippen MR) is 76.5 cm³/mol. The van der Waals surface area contributed by atoms with Crippen molar-refractivity contribution in [2.24, 2.45) is 7.05 Å². The van der Waals surface area contributed by atoms with E-state index in [1.807, 2.05) is 25.1 Å². The summed E-state index contributed by atoms with van der Waals surface area (Å²) < 4.78 is 12.6. The Hall–Kier alpha value is -2.50. The largest absolute Gasteiger partial charge is 0.486 e. The van der Waals surface area contributed by atoms with Crippen LogP contribution in [-0.2, 0) is 7.05 Å². The SMILES string of the molecule is C[C@H](NC(=O)c1cnn(C)c1)c1ccc2c(c1)OCCO2. The lowest BCUT2D eigenvalue weighted by atomic mass is 10.1. The van der Waals surface area contributed by atoms with Crippen LogP contribution in [0.2, 0.25) is 0 Å². The molecule has 0 fully saturated rings. The number of hydrogen-bond donors (Lipinski definition) is 1. The number of ether oxygens (including phenoxy) is 2. The monoisotopic (exact) mass is 287 g/mol. The van der Waals surface area contributed by atoms with Crippen LogP contribution in [-0.4, -0.2) is 28.9 Å². The predicted octanol–water partition coefficient (Wildman–Crippen LogP) is 1.68. The maximum atomic E-state index is 12.1. The van der Waals surface area contributed by atoms with Crippen LogP contribution in [0.25, 0.3) is 0 Å². The Kier molecular flexibility index (Phi) is 3.51. The number of amides is 1. The van der Waals surface area contributed by atoms with Gasteiger partial charge in [-0.05, 0) is 24.6 Å². The Morgan fingerprint density at radius 2 is 2.10 bits per heavy atom. The molecule has 0 saturated carbocycles. The van der Waals surface area contributed by atoms with E-state index in [1.165, 1.54) is 0 Å². The smallest absolute Gasteiger partial charge is 0.254 e. The summed E-state index contributed by atoms with van der Waals surface area (Å²) in [5.41, 5.74) is 1.51. The first-order chi connectivity index (χ1) is 10.1. The molecule has 0 aliphatic carbocycles. The molecule has 3 rings (SSSR count). The van der Waals surface area contributed by atoms with Gasteiger partial charge in [0.1, 0.15) is 13.2 Å². The second-order valence-electron chi connectivity index (χ2n) is 5.00. The first kappa shape index (κ1) is 13.5. The van der Waals surface area contributed by atoms with Crippen molar-refractivity contribution in [3.63, 3.8) is 0 Å². The van der Waals surface area contributed by atoms with Gasteiger partial charge in [-0.2, -0.15) is 5.10 Å². The highest BCUT2D eigenvalue weighted by molar-refractivity contribution is 5.93. The van der Waals surface area contributed by atoms with Crippen molar-refractivity contribution >= 4 is 5.91 Å². The number of aryl methyl sites for hydroxylation is 1. The number of nitrogens with one attached hydrogen (secondary N) is 1. The molecule has 0 saturated heterocycles. The molecule has 1 amide bonds. The normalized spacial score (nSPS) is 14.6. The van der Waals surface area contributed by atoms with Gasteiger partial charge in [0.15, 0.2) is 11.5 Å². The third kappa shape index (κ3) is 2.84. The number of rotatable bonds is 3. The van der Waals surface area contributed by atoms with E-state index in [2.05, 4.69) is 10.4 Å². The lowest BCUT2D eigenvalue weighted by molar-refractivity contribution is 0.0939. The summed E-state index contributed by atoms with van der Waals surface area (Å²) in [6.45, 7) is 3.05. The van der Waals surface area contributed by atoms with Crippen molar-refractivity contribution < 1.29 is 14.3 Å². The van der Waals surface area contributed by atoms with E-state index in [9.17, 15) is 4.79 Å². The molecule has 1 aliphatic rings. The zero-order valence-corrected chi connectivity index (χ0v) is 12.0. The van der Waals surface area contributed by atoms with Crippen molar-refractivity contribution in [1.82, 2.24) is 15.1 Å². The maximum Gasteiger partial charge on any atom is 0.254 e. The highest BCUT2D eigenvalue weighted by Crippen LogP contribution is 2.32. The lowest BCUT2D eigenvalue weighted by Gasteiger charge is -2.21. The fourth-order valence-electron chi connectivity index (χ4n) is 2.23. The molecule has 2 aromatic rings. The summed E-state index contributed by atoms with van der Waals surface area (Å²) in [6.07, 6.45) is 3.23. The van der Waals surface area contributed by atoms with Crippen LogP contribution in [0.4, 0.5) is 0 Å². The van der Waals surface area contributed by atoms with Crippen LogP contribution in [0.5, 0.6) is 11.5 Å². The van der Waals surface area contributed by atoms with E-state index in [1.54, 1.807) is 24.1 Å². The molecule has 1 aromatic carbocycles. The number of fused-ring (bicyclic) bond motifs is 1. The molecule has 6 heteroatoms. The fourth-order valence-corrected chi connectivity index (χ4v) is 2.23. The Bertz CT molecular complexity index is 666. The summed E-state index contributed by atoms with van der Waals surface area (Å²) in [4.78, 5) is 12.1. The highest BCUT2D eigenvalue weighted by Gasteiger charge is 2.16. The third-order valence-corrected chi connectivity index (χ3v) is 3.38. The third-order valence-electron chi connectivity index (χ3n) is 3.38. The summed E-state index contributed by atoms with van der Waals surface area (Å²) in [5, 5.41) is 6.94. The average Bonchev–Trinajstić information content (AvgIpc) is 2.93. The molecule has 1 aliphatic heterocycles. The van der Waals surface area contributed by atoms with Crippen molar-refractivity contribution in [2.45, 2.75) is 13.0 Å². The lowest BCUT2D eigenvalue weighted by Crippen LogP contribution is -2.26. The Balaban J connectivity index is 1.73. The van der Waals surface area contributed by atoms with Crippen LogP contribution in [0.1, 0.15) is 28.9 Å². The van der Waals surface area contributed by atoms with Crippen molar-refractivity contribution in [3.8, 4) is 11.5 Å². The van der Waals surface area contributed by atoms with Crippen LogP contribution < -0.4 is 14.8 Å². The molecular weight excluding hydrogens is 270 g/mol. The number of carbonyl (C=O) groups is 1. The summed E-state index contributed by atoms with van der Waals surface area (Å²) >= 11 is 0. The first-order valence-corrected chi connectivity index (χ1v) is 6.82. The minimum absolute atomic E-state index is 0.131. The van der Waals surface area contributed by atoms with Gasteiger partial charge >= 0.3 is 0 Å². The van der Waals surface area contributed by atoms with Gasteiger partial charge in [0, 0.05) is 13.2 Å². The van der Waals surface area contributed by atoms with Gasteiger partial charge in [0.2, 0.25) is 0 Å². The summed E-state index contributed by atoms with van der Waals surface area (Å²) in [7, 11) is 1.78. The van der Waals surface area contributed by atoms with Crippen molar-refractivity contribution in [1.29, 1.82) is 0 Å². The van der Waals surface area contributed by atoms with E-state index in [-0.39, 0.29) is 11.9 Å². The van der Waals surface area contributed by atoms with Crippen molar-refractivity contribution in [2.75, 3.05) is 13.2 Å². The molecular formula is C15H17N3O3. The number of carbonyl (C=O) groups excluding carboxylic acids is 1. The van der Waals surface area contributed by atoms with E-state index < -0.39 is 0 Å². The van der Waals surface area contributed by atoms with Crippen LogP contribution >= 0.6 is 0 Å². The first-order valence-electron chi connectivity index (χ1n) is 6.82. The molecule has 0 spiro atoms. The zero-order chi connectivity index (χ0) is 14.8. The number of hydrogen-bond acceptors (Lipinski definition) is 4. The van der Waals surface area contributed by atoms with Crippen LogP contribution in [0, 0.1) is 0 Å². The Morgan fingerprint density at radius 1 is 1.33 bits per heavy atom. The zero-order valence-electron chi connectivity index (χ0n) is 12.0. The van der Waals surface area contributed by atoms with Gasteiger partial charge in [-0.15, -0.1) is 0 Å². The second kappa shape index (κ2) is 5.47. The van der Waals surface area contributed by atoms with Crippen LogP contribution in [0.15, 0.2) is 30.6 Å². The molecule has 110 valence electrons. The van der Waals surface area contributed by atoms with E-state index in [0.29, 0.717) is 18.8 Å². The number of aromatic nitrogens is 2. The quantitative estimate of drug-likeness (QED) is 0.933. The number of benzene rings is 1. The van der Waals surface area contributed by atoms with Gasteiger partial charge in [-0.25, -0.2) is 0 Å². The molecule has 1 aromatic heterocycles. The van der Waals surface area contributed by atoms with Crippen molar-refractivity contribution in [3.05, 3.63) is 41.7 Å². The Morgan fingerprint density at radius 3 is 2.81 bits per heavy atom. The van der Waals surface area contributed by atoms with Crippen LogP contribution in [0.3, 0.4) is 0 Å². The molecule has 6 nitrogen and oxygen atoms in total. The van der Waals surface area contributed by atoms with Gasteiger partial charge in [-0.3, -0.25) is 9.48 Å². The standard InChI is InChI=1S/C15H17N3O3/c1-10(17-15(19)12-8-16-18(2)9-12)11-3-4-13-14(7-11)21-6-5-20-13/h3-4,7-10H,5-6H2,1-2H3,(H,17,19)/t10-/m0/s1. The van der Waals surface area contributed by atoms with Gasteiger partial charge < -0.3 is 14.8 Å². The second-order valence-corrected chi connectivity index (χ2v) is 5.00. The van der Waals surface area contributed by atoms with Gasteiger partial charge in [-0.1, -0.05) is 6.07 Å². The summed E-state index contributed by atoms with van der Waals surface area (Å²) in [5.74, 6) is 1.32. The molecule has 0 unspecified atom stereocenters. The van der Waals surface area contributed by atoms with Gasteiger partial charge in [0.05, 0.1) is 17.8 Å². The fraction of sp³-hybridized carbons (Fsp3) is 0.333. The minimum atomic E-state index is -0.148. The molecule has 1 N–H and O–H groups in total. The molecule has 21 heavy (non-hydrogen) atoms. The minimum Gasteiger partial charge on any atom is -0.486 e. The average molecular weight is 287 g/mol. The number of nitrogens with zero attached hydrogens (tertiary/aromatic N) is 2. The maximum absolute atomic E-state index is 12.1. The van der Waals surface area contributed by atoms with E-state index in [0.717, 1.165) is 17.1 Å². The summed E-state index contributed by atoms with van der Waals surface area (Å²) in [6, 6.07) is 5.58. The Labute approximate surface area is 122 Å². The van der Waals surface area contributed by atoms with Gasteiger partial charge in [0.25, 0.3) is 5.91 Å². The molecule has 1 atom stereocenters. The highest BCUT2D eigenvalue weighted by atomic mass is 16.6. The molecule has 2 heterocycles. The van der Waals surface area contributed by atoms with E-state index >= 15 is 0 Å².